The molecule has 2 N–H and O–H groups in total. The average molecular weight is 292 g/mol. The number of carbonyl (C=O) groups excluding carboxylic acids is 3. The van der Waals surface area contributed by atoms with Crippen LogP contribution in [0.25, 0.3) is 0 Å². The molecule has 2 amide bonds. The molecule has 0 unspecified atom stereocenters. The summed E-state index contributed by atoms with van der Waals surface area (Å²) in [5, 5.41) is 4.93. The Kier molecular flexibility index (Phi) is 6.94. The van der Waals surface area contributed by atoms with E-state index in [1.807, 2.05) is 0 Å². The van der Waals surface area contributed by atoms with Crippen molar-refractivity contribution in [1.29, 1.82) is 0 Å². The van der Waals surface area contributed by atoms with Crippen molar-refractivity contribution < 1.29 is 19.1 Å². The van der Waals surface area contributed by atoms with Gasteiger partial charge in [-0.3, -0.25) is 14.4 Å². The molecule has 0 aliphatic carbocycles. The van der Waals surface area contributed by atoms with Gasteiger partial charge < -0.3 is 15.4 Å². The molecule has 6 heteroatoms. The highest BCUT2D eigenvalue weighted by Crippen LogP contribution is 2.12. The minimum atomic E-state index is -0.231. The lowest BCUT2D eigenvalue weighted by Crippen LogP contribution is -2.35. The fourth-order valence-corrected chi connectivity index (χ4v) is 1.56. The third-order valence-corrected chi connectivity index (χ3v) is 2.80. The number of benzene rings is 1. The van der Waals surface area contributed by atoms with Crippen LogP contribution in [0.5, 0.6) is 5.75 Å². The minimum absolute atomic E-state index is 0.00865. The summed E-state index contributed by atoms with van der Waals surface area (Å²) in [5.41, 5.74) is 0.635. The summed E-state index contributed by atoms with van der Waals surface area (Å²) < 4.78 is 5.47. The van der Waals surface area contributed by atoms with Crippen LogP contribution in [-0.2, 0) is 9.59 Å². The van der Waals surface area contributed by atoms with Gasteiger partial charge in [-0.2, -0.15) is 0 Å². The van der Waals surface area contributed by atoms with Gasteiger partial charge >= 0.3 is 0 Å². The molecule has 1 rings (SSSR count). The van der Waals surface area contributed by atoms with Gasteiger partial charge in [-0.05, 0) is 37.6 Å². The summed E-state index contributed by atoms with van der Waals surface area (Å²) in [7, 11) is 1.51. The number of ketones is 1. The number of hydrogen-bond acceptors (Lipinski definition) is 4. The summed E-state index contributed by atoms with van der Waals surface area (Å²) in [5.74, 6) is 0.249. The lowest BCUT2D eigenvalue weighted by molar-refractivity contribution is -0.126. The molecule has 0 radical (unpaired) electrons. The number of rotatable bonds is 8. The van der Waals surface area contributed by atoms with Gasteiger partial charge in [0.2, 0.25) is 11.8 Å². The standard InChI is InChI=1S/C15H20N2O4/c1-11(18)12-5-7-13(8-6-12)21-9-3-4-14(19)17-10-15(20)16-2/h5-8H,3-4,9-10H2,1-2H3,(H,16,20)(H,17,19). The minimum Gasteiger partial charge on any atom is -0.494 e. The lowest BCUT2D eigenvalue weighted by Gasteiger charge is -2.07. The monoisotopic (exact) mass is 292 g/mol. The largest absolute Gasteiger partial charge is 0.494 e. The van der Waals surface area contributed by atoms with Crippen LogP contribution in [0.2, 0.25) is 0 Å². The third-order valence-electron chi connectivity index (χ3n) is 2.80. The Hall–Kier alpha value is -2.37. The fraction of sp³-hybridized carbons (Fsp3) is 0.400. The molecule has 114 valence electrons. The van der Waals surface area contributed by atoms with Gasteiger partial charge in [0, 0.05) is 19.0 Å². The van der Waals surface area contributed by atoms with Crippen LogP contribution in [0, 0.1) is 0 Å². The second kappa shape index (κ2) is 8.73. The first kappa shape index (κ1) is 16.7. The Morgan fingerprint density at radius 2 is 1.76 bits per heavy atom. The normalized spacial score (nSPS) is 9.81. The van der Waals surface area contributed by atoms with Crippen molar-refractivity contribution in [3.8, 4) is 5.75 Å². The number of hydrogen-bond donors (Lipinski definition) is 2. The summed E-state index contributed by atoms with van der Waals surface area (Å²) in [6.45, 7) is 1.89. The van der Waals surface area contributed by atoms with Crippen LogP contribution < -0.4 is 15.4 Å². The van der Waals surface area contributed by atoms with E-state index in [1.54, 1.807) is 24.3 Å². The van der Waals surface area contributed by atoms with Crippen LogP contribution in [0.3, 0.4) is 0 Å². The van der Waals surface area contributed by atoms with Crippen LogP contribution >= 0.6 is 0 Å². The predicted octanol–water partition coefficient (Wildman–Crippen LogP) is 0.910. The number of likely N-dealkylation sites (N-methyl/N-ethyl adjacent to an activating group) is 1. The number of Topliss-reactive ketones (excluding diaryl/α,β-unsaturated/α-hetero) is 1. The van der Waals surface area contributed by atoms with Crippen molar-refractivity contribution in [2.24, 2.45) is 0 Å². The number of ether oxygens (including phenoxy) is 1. The first-order chi connectivity index (χ1) is 10.0. The van der Waals surface area contributed by atoms with E-state index in [9.17, 15) is 14.4 Å². The quantitative estimate of drug-likeness (QED) is 0.551. The van der Waals surface area contributed by atoms with Gasteiger partial charge in [0.15, 0.2) is 5.78 Å². The molecule has 0 bridgehead atoms. The Morgan fingerprint density at radius 3 is 2.33 bits per heavy atom. The molecular formula is C15H20N2O4. The van der Waals surface area contributed by atoms with Gasteiger partial charge in [0.05, 0.1) is 13.2 Å². The van der Waals surface area contributed by atoms with Gasteiger partial charge in [-0.1, -0.05) is 0 Å². The SMILES string of the molecule is CNC(=O)CNC(=O)CCCOc1ccc(C(C)=O)cc1. The van der Waals surface area contributed by atoms with Crippen LogP contribution in [0.1, 0.15) is 30.1 Å². The van der Waals surface area contributed by atoms with E-state index in [0.29, 0.717) is 30.8 Å². The highest BCUT2D eigenvalue weighted by atomic mass is 16.5. The topological polar surface area (TPSA) is 84.5 Å². The van der Waals surface area contributed by atoms with Crippen molar-refractivity contribution in [2.45, 2.75) is 19.8 Å². The Balaban J connectivity index is 2.20. The van der Waals surface area contributed by atoms with E-state index >= 15 is 0 Å². The average Bonchev–Trinajstić information content (AvgIpc) is 2.49. The first-order valence-electron chi connectivity index (χ1n) is 6.74. The Labute approximate surface area is 123 Å². The molecule has 21 heavy (non-hydrogen) atoms. The fourth-order valence-electron chi connectivity index (χ4n) is 1.56. The third kappa shape index (κ3) is 6.56. The number of amides is 2. The van der Waals surface area contributed by atoms with Gasteiger partial charge in [0.1, 0.15) is 5.75 Å². The van der Waals surface area contributed by atoms with E-state index in [4.69, 9.17) is 4.74 Å². The van der Waals surface area contributed by atoms with Crippen LogP contribution in [0.15, 0.2) is 24.3 Å². The van der Waals surface area contributed by atoms with Crippen molar-refractivity contribution in [2.75, 3.05) is 20.2 Å². The van der Waals surface area contributed by atoms with Gasteiger partial charge in [-0.25, -0.2) is 0 Å². The van der Waals surface area contributed by atoms with Crippen LogP contribution in [-0.4, -0.2) is 37.8 Å². The second-order valence-corrected chi connectivity index (χ2v) is 4.48. The van der Waals surface area contributed by atoms with Crippen LogP contribution in [0.4, 0.5) is 0 Å². The molecule has 6 nitrogen and oxygen atoms in total. The zero-order valence-electron chi connectivity index (χ0n) is 12.3. The molecule has 1 aromatic rings. The molecule has 0 saturated heterocycles. The summed E-state index contributed by atoms with van der Waals surface area (Å²) in [6.07, 6.45) is 0.844. The summed E-state index contributed by atoms with van der Waals surface area (Å²) in [4.78, 5) is 33.5. The zero-order chi connectivity index (χ0) is 15.7. The molecule has 0 saturated carbocycles. The number of carbonyl (C=O) groups is 3. The summed E-state index contributed by atoms with van der Waals surface area (Å²) >= 11 is 0. The summed E-state index contributed by atoms with van der Waals surface area (Å²) in [6, 6.07) is 6.85. The van der Waals surface area contributed by atoms with Gasteiger partial charge in [0.25, 0.3) is 0 Å². The first-order valence-corrected chi connectivity index (χ1v) is 6.74. The molecular weight excluding hydrogens is 272 g/mol. The maximum Gasteiger partial charge on any atom is 0.239 e. The molecule has 1 aromatic carbocycles. The smallest absolute Gasteiger partial charge is 0.239 e. The molecule has 0 aliphatic rings. The maximum absolute atomic E-state index is 11.4. The number of nitrogens with one attached hydrogen (secondary N) is 2. The second-order valence-electron chi connectivity index (χ2n) is 4.48. The molecule has 0 aromatic heterocycles. The van der Waals surface area contributed by atoms with E-state index in [1.165, 1.54) is 14.0 Å². The Bertz CT molecular complexity index is 497. The molecule has 0 atom stereocenters. The zero-order valence-corrected chi connectivity index (χ0v) is 12.3. The lowest BCUT2D eigenvalue weighted by atomic mass is 10.1. The highest BCUT2D eigenvalue weighted by Gasteiger charge is 2.04. The molecule has 0 aliphatic heterocycles. The van der Waals surface area contributed by atoms with E-state index in [2.05, 4.69) is 10.6 Å². The molecule has 0 heterocycles. The van der Waals surface area contributed by atoms with Crippen molar-refractivity contribution in [3.63, 3.8) is 0 Å². The van der Waals surface area contributed by atoms with Crippen molar-refractivity contribution in [1.82, 2.24) is 10.6 Å². The van der Waals surface area contributed by atoms with Crippen molar-refractivity contribution >= 4 is 17.6 Å². The molecule has 0 fully saturated rings. The maximum atomic E-state index is 11.4. The van der Waals surface area contributed by atoms with Crippen molar-refractivity contribution in [3.05, 3.63) is 29.8 Å². The highest BCUT2D eigenvalue weighted by molar-refractivity contribution is 5.94. The predicted molar refractivity (Wildman–Crippen MR) is 78.3 cm³/mol. The van der Waals surface area contributed by atoms with E-state index in [0.717, 1.165) is 0 Å². The van der Waals surface area contributed by atoms with Gasteiger partial charge in [-0.15, -0.1) is 0 Å². The Morgan fingerprint density at radius 1 is 1.10 bits per heavy atom. The van der Waals surface area contributed by atoms with E-state index < -0.39 is 0 Å². The molecule has 0 spiro atoms. The van der Waals surface area contributed by atoms with E-state index in [-0.39, 0.29) is 24.1 Å².